The van der Waals surface area contributed by atoms with Crippen LogP contribution in [0, 0.1) is 39.9 Å². The van der Waals surface area contributed by atoms with Crippen molar-refractivity contribution in [1.82, 2.24) is 0 Å². The summed E-state index contributed by atoms with van der Waals surface area (Å²) < 4.78 is 0. The van der Waals surface area contributed by atoms with Gasteiger partial charge in [-0.05, 0) is 74.5 Å². The lowest BCUT2D eigenvalue weighted by Crippen LogP contribution is -2.66. The normalized spacial score (nSPS) is 56.5. The van der Waals surface area contributed by atoms with Gasteiger partial charge in [0.15, 0.2) is 0 Å². The lowest BCUT2D eigenvalue weighted by atomic mass is 9.40. The summed E-state index contributed by atoms with van der Waals surface area (Å²) in [5.74, 6) is 2.41. The van der Waals surface area contributed by atoms with Crippen LogP contribution in [0.3, 0.4) is 0 Å². The monoisotopic (exact) mass is 360 g/mol. The molecule has 0 spiro atoms. The second kappa shape index (κ2) is 5.43. The molecule has 0 amide bonds. The molecule has 0 aromatic carbocycles. The molecule has 4 saturated carbocycles. The molecule has 4 aliphatic rings. The molecular formula is C23H36O3. The third-order valence-corrected chi connectivity index (χ3v) is 10.5. The van der Waals surface area contributed by atoms with Crippen molar-refractivity contribution in [2.45, 2.75) is 91.6 Å². The van der Waals surface area contributed by atoms with Gasteiger partial charge in [-0.3, -0.25) is 9.59 Å². The molecule has 3 nitrogen and oxygen atoms in total. The summed E-state index contributed by atoms with van der Waals surface area (Å²) >= 11 is 0. The molecule has 0 radical (unpaired) electrons. The van der Waals surface area contributed by atoms with Crippen molar-refractivity contribution in [2.24, 2.45) is 39.9 Å². The van der Waals surface area contributed by atoms with E-state index < -0.39 is 5.60 Å². The predicted octanol–water partition coefficient (Wildman–Crippen LogP) is 4.55. The van der Waals surface area contributed by atoms with Crippen LogP contribution in [0.5, 0.6) is 0 Å². The minimum absolute atomic E-state index is 0.0933. The minimum Gasteiger partial charge on any atom is -0.389 e. The van der Waals surface area contributed by atoms with Crippen molar-refractivity contribution < 1.29 is 14.7 Å². The van der Waals surface area contributed by atoms with Crippen molar-refractivity contribution >= 4 is 11.6 Å². The Morgan fingerprint density at radius 1 is 1.04 bits per heavy atom. The molecule has 0 heterocycles. The molecule has 146 valence electrons. The molecule has 0 saturated heterocycles. The first kappa shape index (κ1) is 18.7. The number of aliphatic hydroxyl groups is 1. The molecule has 0 aromatic heterocycles. The Kier molecular flexibility index (Phi) is 3.89. The van der Waals surface area contributed by atoms with Gasteiger partial charge in [0, 0.05) is 23.7 Å². The third-order valence-electron chi connectivity index (χ3n) is 10.5. The Labute approximate surface area is 158 Å². The van der Waals surface area contributed by atoms with Gasteiger partial charge in [0.1, 0.15) is 11.6 Å². The number of carbonyl (C=O) groups excluding carboxylic acids is 2. The lowest BCUT2D eigenvalue weighted by molar-refractivity contribution is -0.229. The molecular weight excluding hydrogens is 324 g/mol. The zero-order valence-electron chi connectivity index (χ0n) is 17.2. The fourth-order valence-electron chi connectivity index (χ4n) is 8.31. The van der Waals surface area contributed by atoms with Gasteiger partial charge in [-0.1, -0.05) is 27.7 Å². The highest BCUT2D eigenvalue weighted by Gasteiger charge is 2.68. The van der Waals surface area contributed by atoms with Gasteiger partial charge in [0.05, 0.1) is 5.60 Å². The van der Waals surface area contributed by atoms with Gasteiger partial charge in [0.25, 0.3) is 0 Å². The summed E-state index contributed by atoms with van der Waals surface area (Å²) in [6.45, 7) is 10.8. The second-order valence-corrected chi connectivity index (χ2v) is 11.0. The van der Waals surface area contributed by atoms with Gasteiger partial charge in [-0.25, -0.2) is 0 Å². The maximum Gasteiger partial charge on any atom is 0.136 e. The average molecular weight is 361 g/mol. The van der Waals surface area contributed by atoms with Crippen LogP contribution in [0.1, 0.15) is 86.0 Å². The largest absolute Gasteiger partial charge is 0.389 e. The standard InChI is InChI=1S/C23H36O3/c1-14-12-17-18-7-10-20(3,15(2)24)21(18,4)11-8-19(17)22(5)9-6-16(25)13-23(14,22)26/h14,17-19,26H,6-13H2,1-5H3/t14-,17+,18+,19+,20-,21+,22-,23+/m1/s1. The third kappa shape index (κ3) is 1.99. The number of hydrogen-bond acceptors (Lipinski definition) is 3. The Hall–Kier alpha value is -0.700. The number of ketones is 2. The van der Waals surface area contributed by atoms with Crippen LogP contribution >= 0.6 is 0 Å². The molecule has 0 aromatic rings. The Morgan fingerprint density at radius 3 is 2.31 bits per heavy atom. The first-order chi connectivity index (χ1) is 12.0. The van der Waals surface area contributed by atoms with E-state index in [1.807, 2.05) is 0 Å². The number of Topliss-reactive ketones (excluding diaryl/α,β-unsaturated/α-hetero) is 2. The predicted molar refractivity (Wildman–Crippen MR) is 102 cm³/mol. The van der Waals surface area contributed by atoms with Crippen LogP contribution in [-0.2, 0) is 9.59 Å². The fourth-order valence-corrected chi connectivity index (χ4v) is 8.31. The van der Waals surface area contributed by atoms with E-state index in [-0.39, 0.29) is 27.9 Å². The molecule has 0 bridgehead atoms. The molecule has 0 unspecified atom stereocenters. The fraction of sp³-hybridized carbons (Fsp3) is 0.913. The van der Waals surface area contributed by atoms with Crippen molar-refractivity contribution in [3.8, 4) is 0 Å². The summed E-state index contributed by atoms with van der Waals surface area (Å²) in [6, 6.07) is 0. The van der Waals surface area contributed by atoms with Crippen LogP contribution in [0.25, 0.3) is 0 Å². The smallest absolute Gasteiger partial charge is 0.136 e. The van der Waals surface area contributed by atoms with Crippen molar-refractivity contribution in [3.05, 3.63) is 0 Å². The Bertz CT molecular complexity index is 656. The number of rotatable bonds is 1. The summed E-state index contributed by atoms with van der Waals surface area (Å²) in [4.78, 5) is 24.7. The van der Waals surface area contributed by atoms with E-state index >= 15 is 0 Å². The quantitative estimate of drug-likeness (QED) is 0.746. The lowest BCUT2D eigenvalue weighted by Gasteiger charge is -2.65. The molecule has 4 fully saturated rings. The van der Waals surface area contributed by atoms with E-state index in [1.165, 1.54) is 0 Å². The number of carbonyl (C=O) groups is 2. The van der Waals surface area contributed by atoms with Crippen LogP contribution in [-0.4, -0.2) is 22.3 Å². The molecule has 3 heteroatoms. The highest BCUT2D eigenvalue weighted by Crippen LogP contribution is 2.71. The maximum atomic E-state index is 12.6. The zero-order valence-corrected chi connectivity index (χ0v) is 17.2. The Balaban J connectivity index is 1.73. The van der Waals surface area contributed by atoms with Crippen LogP contribution < -0.4 is 0 Å². The van der Waals surface area contributed by atoms with E-state index in [1.54, 1.807) is 6.92 Å². The van der Waals surface area contributed by atoms with E-state index in [0.717, 1.165) is 38.5 Å². The van der Waals surface area contributed by atoms with E-state index in [4.69, 9.17) is 0 Å². The topological polar surface area (TPSA) is 54.4 Å². The first-order valence-electron chi connectivity index (χ1n) is 10.7. The van der Waals surface area contributed by atoms with Crippen molar-refractivity contribution in [3.63, 3.8) is 0 Å². The van der Waals surface area contributed by atoms with Gasteiger partial charge >= 0.3 is 0 Å². The zero-order chi connectivity index (χ0) is 19.1. The van der Waals surface area contributed by atoms with Gasteiger partial charge in [-0.2, -0.15) is 0 Å². The average Bonchev–Trinajstić information content (AvgIpc) is 2.84. The Morgan fingerprint density at radius 2 is 1.65 bits per heavy atom. The maximum absolute atomic E-state index is 12.6. The molecule has 26 heavy (non-hydrogen) atoms. The first-order valence-corrected chi connectivity index (χ1v) is 10.7. The minimum atomic E-state index is -0.834. The van der Waals surface area contributed by atoms with Crippen molar-refractivity contribution in [1.29, 1.82) is 0 Å². The number of fused-ring (bicyclic) bond motifs is 5. The summed E-state index contributed by atoms with van der Waals surface area (Å²) in [7, 11) is 0. The van der Waals surface area contributed by atoms with Gasteiger partial charge in [0.2, 0.25) is 0 Å². The van der Waals surface area contributed by atoms with E-state index in [0.29, 0.717) is 36.4 Å². The molecule has 4 rings (SSSR count). The summed E-state index contributed by atoms with van der Waals surface area (Å²) in [6.07, 6.45) is 7.17. The van der Waals surface area contributed by atoms with Gasteiger partial charge < -0.3 is 5.11 Å². The van der Waals surface area contributed by atoms with Crippen molar-refractivity contribution in [2.75, 3.05) is 0 Å². The molecule has 1 N–H and O–H groups in total. The van der Waals surface area contributed by atoms with Crippen LogP contribution in [0.2, 0.25) is 0 Å². The van der Waals surface area contributed by atoms with Gasteiger partial charge in [-0.15, -0.1) is 0 Å². The molecule has 8 atom stereocenters. The van der Waals surface area contributed by atoms with E-state index in [9.17, 15) is 14.7 Å². The second-order valence-electron chi connectivity index (χ2n) is 11.0. The summed E-state index contributed by atoms with van der Waals surface area (Å²) in [5.41, 5.74) is -1.08. The highest BCUT2D eigenvalue weighted by molar-refractivity contribution is 5.83. The summed E-state index contributed by atoms with van der Waals surface area (Å²) in [5, 5.41) is 11.6. The molecule has 4 aliphatic carbocycles. The SMILES string of the molecule is CC(=O)[C@@]1(C)CC[C@H]2[C@@H]3C[C@@H](C)[C@@]4(O)CC(=O)CC[C@]4(C)[C@H]3CC[C@@]21C. The number of hydrogen-bond donors (Lipinski definition) is 1. The van der Waals surface area contributed by atoms with Crippen LogP contribution in [0.4, 0.5) is 0 Å². The molecule has 0 aliphatic heterocycles. The van der Waals surface area contributed by atoms with E-state index in [2.05, 4.69) is 27.7 Å². The highest BCUT2D eigenvalue weighted by atomic mass is 16.3. The van der Waals surface area contributed by atoms with Crippen LogP contribution in [0.15, 0.2) is 0 Å².